The van der Waals surface area contributed by atoms with Crippen LogP contribution in [0.4, 0.5) is 0 Å². The van der Waals surface area contributed by atoms with Crippen LogP contribution in [-0.4, -0.2) is 36.4 Å². The van der Waals surface area contributed by atoms with Crippen LogP contribution in [0.5, 0.6) is 0 Å². The number of hydrogen-bond donors (Lipinski definition) is 1. The molecule has 0 amide bonds. The Labute approximate surface area is 261 Å². The van der Waals surface area contributed by atoms with Crippen LogP contribution < -0.4 is 0 Å². The molecule has 0 unspecified atom stereocenters. The molecule has 0 fully saturated rings. The Hall–Kier alpha value is -1.36. The van der Waals surface area contributed by atoms with Crippen molar-refractivity contribution >= 4 is 11.9 Å². The van der Waals surface area contributed by atoms with E-state index < -0.39 is 6.10 Å². The van der Waals surface area contributed by atoms with E-state index in [0.29, 0.717) is 12.8 Å². The van der Waals surface area contributed by atoms with Gasteiger partial charge in [-0.2, -0.15) is 0 Å². The largest absolute Gasteiger partial charge is 0.462 e. The third-order valence-corrected chi connectivity index (χ3v) is 8.06. The molecule has 0 aliphatic carbocycles. The number of ether oxygens (including phenoxy) is 2. The number of carbonyl (C=O) groups is 2. The fourth-order valence-electron chi connectivity index (χ4n) is 5.25. The van der Waals surface area contributed by atoms with Crippen molar-refractivity contribution < 1.29 is 24.2 Å². The number of unbranched alkanes of at least 4 members (excludes halogenated alkanes) is 23. The first kappa shape index (κ1) is 40.6. The van der Waals surface area contributed by atoms with E-state index in [-0.39, 0.29) is 25.2 Å². The molecule has 0 aromatic rings. The third kappa shape index (κ3) is 31.6. The normalized spacial score (nSPS) is 12.2. The summed E-state index contributed by atoms with van der Waals surface area (Å²) in [6, 6.07) is 0. The van der Waals surface area contributed by atoms with Gasteiger partial charge in [-0.15, -0.1) is 0 Å². The molecule has 1 atom stereocenters. The molecule has 0 radical (unpaired) electrons. The van der Waals surface area contributed by atoms with Crippen molar-refractivity contribution in [2.24, 2.45) is 0 Å². The second-order valence-corrected chi connectivity index (χ2v) is 12.3. The summed E-state index contributed by atoms with van der Waals surface area (Å²) in [6.07, 6.45) is 36.9. The first-order valence-electron chi connectivity index (χ1n) is 18.2. The molecule has 248 valence electrons. The van der Waals surface area contributed by atoms with Crippen molar-refractivity contribution in [3.05, 3.63) is 12.2 Å². The molecule has 0 saturated heterocycles. The number of carbonyl (C=O) groups excluding carboxylic acids is 2. The fourth-order valence-corrected chi connectivity index (χ4v) is 5.25. The maximum absolute atomic E-state index is 12.1. The Morgan fingerprint density at radius 3 is 1.29 bits per heavy atom. The molecule has 0 spiro atoms. The number of hydrogen-bond acceptors (Lipinski definition) is 5. The van der Waals surface area contributed by atoms with Gasteiger partial charge in [-0.1, -0.05) is 154 Å². The second kappa shape index (κ2) is 34.1. The van der Waals surface area contributed by atoms with Gasteiger partial charge in [0.25, 0.3) is 0 Å². The predicted molar refractivity (Wildman–Crippen MR) is 178 cm³/mol. The van der Waals surface area contributed by atoms with Crippen molar-refractivity contribution in [3.8, 4) is 0 Å². The smallest absolute Gasteiger partial charge is 0.306 e. The number of aliphatic hydroxyl groups is 1. The van der Waals surface area contributed by atoms with Crippen LogP contribution >= 0.6 is 0 Å². The van der Waals surface area contributed by atoms with Crippen LogP contribution in [0.1, 0.15) is 194 Å². The highest BCUT2D eigenvalue weighted by atomic mass is 16.6. The summed E-state index contributed by atoms with van der Waals surface area (Å²) in [7, 11) is 0. The lowest BCUT2D eigenvalue weighted by Crippen LogP contribution is -2.28. The van der Waals surface area contributed by atoms with Crippen LogP contribution in [0, 0.1) is 0 Å². The molecule has 0 aliphatic heterocycles. The van der Waals surface area contributed by atoms with Gasteiger partial charge in [-0.25, -0.2) is 0 Å². The Kier molecular flexibility index (Phi) is 33.0. The quantitative estimate of drug-likeness (QED) is 0.0465. The lowest BCUT2D eigenvalue weighted by atomic mass is 10.1. The number of rotatable bonds is 33. The number of esters is 2. The Bertz CT molecular complexity index is 603. The van der Waals surface area contributed by atoms with Crippen molar-refractivity contribution in [3.63, 3.8) is 0 Å². The SMILES string of the molecule is CCCCCCCC/C=C\CCCCCCCCCC(=O)OC[C@H](CO)OC(=O)CCCCCCCCCCCCC. The summed E-state index contributed by atoms with van der Waals surface area (Å²) in [5.74, 6) is -0.590. The molecule has 5 nitrogen and oxygen atoms in total. The predicted octanol–water partition coefficient (Wildman–Crippen LogP) is 11.0. The average Bonchev–Trinajstić information content (AvgIpc) is 2.99. The van der Waals surface area contributed by atoms with Crippen molar-refractivity contribution in [1.29, 1.82) is 0 Å². The topological polar surface area (TPSA) is 72.8 Å². The second-order valence-electron chi connectivity index (χ2n) is 12.3. The Morgan fingerprint density at radius 1 is 0.524 bits per heavy atom. The van der Waals surface area contributed by atoms with Gasteiger partial charge in [-0.05, 0) is 38.5 Å². The minimum Gasteiger partial charge on any atom is -0.462 e. The van der Waals surface area contributed by atoms with Crippen LogP contribution in [0.15, 0.2) is 12.2 Å². The molecule has 0 aromatic heterocycles. The van der Waals surface area contributed by atoms with Crippen molar-refractivity contribution in [2.45, 2.75) is 200 Å². The van der Waals surface area contributed by atoms with E-state index in [1.807, 2.05) is 0 Å². The van der Waals surface area contributed by atoms with E-state index in [1.165, 1.54) is 128 Å². The van der Waals surface area contributed by atoms with E-state index in [2.05, 4.69) is 26.0 Å². The minimum absolute atomic E-state index is 0.0628. The van der Waals surface area contributed by atoms with Gasteiger partial charge < -0.3 is 14.6 Å². The molecule has 0 heterocycles. The zero-order valence-electron chi connectivity index (χ0n) is 28.0. The molecule has 42 heavy (non-hydrogen) atoms. The summed E-state index contributed by atoms with van der Waals surface area (Å²) in [5, 5.41) is 9.51. The molecule has 0 saturated carbocycles. The highest BCUT2D eigenvalue weighted by Gasteiger charge is 2.16. The molecule has 0 rings (SSSR count). The maximum atomic E-state index is 12.1. The summed E-state index contributed by atoms with van der Waals surface area (Å²) in [4.78, 5) is 24.1. The monoisotopic (exact) mass is 595 g/mol. The molecule has 0 aliphatic rings. The molecule has 5 heteroatoms. The maximum Gasteiger partial charge on any atom is 0.306 e. The van der Waals surface area contributed by atoms with Gasteiger partial charge in [0.15, 0.2) is 6.10 Å². The van der Waals surface area contributed by atoms with Gasteiger partial charge in [0.05, 0.1) is 6.61 Å². The fraction of sp³-hybridized carbons (Fsp3) is 0.892. The summed E-state index contributed by atoms with van der Waals surface area (Å²) in [6.45, 7) is 4.12. The standard InChI is InChI=1S/C37H70O5/c1-3-5-7-9-11-13-15-16-17-18-19-20-22-23-25-27-29-31-36(39)41-34-35(33-38)42-37(40)32-30-28-26-24-21-14-12-10-8-6-4-2/h16-17,35,38H,3-15,18-34H2,1-2H3/b17-16-/t35-/m0/s1. The van der Waals surface area contributed by atoms with Crippen LogP contribution in [0.25, 0.3) is 0 Å². The summed E-state index contributed by atoms with van der Waals surface area (Å²) in [5.41, 5.74) is 0. The highest BCUT2D eigenvalue weighted by Crippen LogP contribution is 2.14. The summed E-state index contributed by atoms with van der Waals surface area (Å²) < 4.78 is 10.6. The molecular weight excluding hydrogens is 524 g/mol. The van der Waals surface area contributed by atoms with Gasteiger partial charge in [0.1, 0.15) is 6.61 Å². The van der Waals surface area contributed by atoms with Gasteiger partial charge in [-0.3, -0.25) is 9.59 Å². The van der Waals surface area contributed by atoms with Crippen LogP contribution in [-0.2, 0) is 19.1 Å². The minimum atomic E-state index is -0.764. The first-order chi connectivity index (χ1) is 20.6. The zero-order chi connectivity index (χ0) is 30.8. The van der Waals surface area contributed by atoms with E-state index in [1.54, 1.807) is 0 Å². The van der Waals surface area contributed by atoms with Gasteiger partial charge >= 0.3 is 11.9 Å². The van der Waals surface area contributed by atoms with Gasteiger partial charge in [0.2, 0.25) is 0 Å². The van der Waals surface area contributed by atoms with E-state index in [4.69, 9.17) is 9.47 Å². The Morgan fingerprint density at radius 2 is 0.881 bits per heavy atom. The highest BCUT2D eigenvalue weighted by molar-refractivity contribution is 5.70. The van der Waals surface area contributed by atoms with E-state index in [9.17, 15) is 14.7 Å². The average molecular weight is 595 g/mol. The van der Waals surface area contributed by atoms with Crippen LogP contribution in [0.3, 0.4) is 0 Å². The third-order valence-electron chi connectivity index (χ3n) is 8.06. The Balaban J connectivity index is 3.53. The van der Waals surface area contributed by atoms with Crippen molar-refractivity contribution in [2.75, 3.05) is 13.2 Å². The lowest BCUT2D eigenvalue weighted by Gasteiger charge is -2.15. The zero-order valence-corrected chi connectivity index (χ0v) is 28.0. The molecule has 1 N–H and O–H groups in total. The number of allylic oxidation sites excluding steroid dienone is 2. The molecular formula is C37H70O5. The number of aliphatic hydroxyl groups excluding tert-OH is 1. The van der Waals surface area contributed by atoms with Gasteiger partial charge in [0, 0.05) is 12.8 Å². The van der Waals surface area contributed by atoms with E-state index in [0.717, 1.165) is 38.5 Å². The molecule has 0 aromatic carbocycles. The lowest BCUT2D eigenvalue weighted by molar-refractivity contribution is -0.161. The first-order valence-corrected chi connectivity index (χ1v) is 18.2. The van der Waals surface area contributed by atoms with E-state index >= 15 is 0 Å². The van der Waals surface area contributed by atoms with Crippen LogP contribution in [0.2, 0.25) is 0 Å². The summed E-state index contributed by atoms with van der Waals surface area (Å²) >= 11 is 0. The van der Waals surface area contributed by atoms with Crippen molar-refractivity contribution in [1.82, 2.24) is 0 Å². The molecule has 0 bridgehead atoms.